The molecule has 0 saturated heterocycles. The molecule has 7 nitrogen and oxygen atoms in total. The summed E-state index contributed by atoms with van der Waals surface area (Å²) in [5, 5.41) is 5.31. The smallest absolute Gasteiger partial charge is 0.234 e. The van der Waals surface area contributed by atoms with Gasteiger partial charge in [-0.2, -0.15) is 15.0 Å². The van der Waals surface area contributed by atoms with Crippen molar-refractivity contribution in [1.82, 2.24) is 15.0 Å². The normalized spacial score (nSPS) is 11.7. The van der Waals surface area contributed by atoms with Crippen LogP contribution >= 0.6 is 11.8 Å². The van der Waals surface area contributed by atoms with Gasteiger partial charge in [-0.05, 0) is 31.2 Å². The highest BCUT2D eigenvalue weighted by Crippen LogP contribution is 2.27. The highest BCUT2D eigenvalue weighted by atomic mass is 32.2. The lowest BCUT2D eigenvalue weighted by Gasteiger charge is -2.12. The van der Waals surface area contributed by atoms with Gasteiger partial charge < -0.3 is 16.4 Å². The molecule has 0 saturated carbocycles. The van der Waals surface area contributed by atoms with Gasteiger partial charge in [-0.1, -0.05) is 18.2 Å². The lowest BCUT2D eigenvalue weighted by molar-refractivity contribution is -0.113. The Morgan fingerprint density at radius 1 is 1.07 bits per heavy atom. The maximum Gasteiger partial charge on any atom is 0.234 e. The number of benzene rings is 2. The van der Waals surface area contributed by atoms with E-state index in [2.05, 4.69) is 25.6 Å². The summed E-state index contributed by atoms with van der Waals surface area (Å²) in [5.74, 6) is -1.52. The quantitative estimate of drug-likeness (QED) is 0.536. The SMILES string of the molecule is CC(SCC(=O)Nc1ccc(F)c(F)c1)c1nc(N)nc(Nc2ccccc2)n1. The van der Waals surface area contributed by atoms with Gasteiger partial charge >= 0.3 is 0 Å². The fourth-order valence-electron chi connectivity index (χ4n) is 2.34. The van der Waals surface area contributed by atoms with Crippen molar-refractivity contribution in [3.05, 3.63) is 66.0 Å². The van der Waals surface area contributed by atoms with Crippen LogP contribution in [0.5, 0.6) is 0 Å². The van der Waals surface area contributed by atoms with E-state index >= 15 is 0 Å². The zero-order valence-electron chi connectivity index (χ0n) is 15.4. The average molecular weight is 416 g/mol. The number of para-hydroxylation sites is 1. The first-order valence-electron chi connectivity index (χ1n) is 8.61. The van der Waals surface area contributed by atoms with Crippen LogP contribution in [0.2, 0.25) is 0 Å². The monoisotopic (exact) mass is 416 g/mol. The van der Waals surface area contributed by atoms with Crippen molar-refractivity contribution in [2.75, 3.05) is 22.1 Å². The molecule has 0 aliphatic carbocycles. The van der Waals surface area contributed by atoms with E-state index in [1.165, 1.54) is 17.8 Å². The molecule has 0 fully saturated rings. The number of hydrogen-bond acceptors (Lipinski definition) is 7. The Labute approximate surface area is 170 Å². The molecule has 0 aliphatic rings. The van der Waals surface area contributed by atoms with E-state index in [1.807, 2.05) is 37.3 Å². The van der Waals surface area contributed by atoms with Crippen molar-refractivity contribution >= 4 is 40.9 Å². The lowest BCUT2D eigenvalue weighted by Crippen LogP contribution is -2.15. The number of carbonyl (C=O) groups excluding carboxylic acids is 1. The molecule has 0 aliphatic heterocycles. The number of carbonyl (C=O) groups is 1. The summed E-state index contributed by atoms with van der Waals surface area (Å²) in [6.45, 7) is 1.83. The van der Waals surface area contributed by atoms with Crippen LogP contribution < -0.4 is 16.4 Å². The van der Waals surface area contributed by atoms with Crippen LogP contribution in [0.25, 0.3) is 0 Å². The number of nitrogens with zero attached hydrogens (tertiary/aromatic N) is 3. The Kier molecular flexibility index (Phi) is 6.55. The average Bonchev–Trinajstić information content (AvgIpc) is 2.69. The topological polar surface area (TPSA) is 106 Å². The molecule has 0 radical (unpaired) electrons. The van der Waals surface area contributed by atoms with Gasteiger partial charge in [-0.3, -0.25) is 4.79 Å². The first-order valence-corrected chi connectivity index (χ1v) is 9.65. The molecule has 150 valence electrons. The number of thioether (sulfide) groups is 1. The number of nitrogen functional groups attached to an aromatic ring is 1. The fraction of sp³-hybridized carbons (Fsp3) is 0.158. The van der Waals surface area contributed by atoms with Crippen LogP contribution in [-0.4, -0.2) is 26.6 Å². The summed E-state index contributed by atoms with van der Waals surface area (Å²) in [4.78, 5) is 24.6. The van der Waals surface area contributed by atoms with E-state index in [4.69, 9.17) is 5.73 Å². The van der Waals surface area contributed by atoms with Gasteiger partial charge in [0.05, 0.1) is 11.0 Å². The maximum absolute atomic E-state index is 13.2. The number of aromatic nitrogens is 3. The van der Waals surface area contributed by atoms with Gasteiger partial charge in [-0.25, -0.2) is 8.78 Å². The van der Waals surface area contributed by atoms with Crippen LogP contribution in [0.4, 0.5) is 32.1 Å². The largest absolute Gasteiger partial charge is 0.368 e. The first kappa shape index (κ1) is 20.5. The van der Waals surface area contributed by atoms with Crippen LogP contribution in [0.3, 0.4) is 0 Å². The molecule has 1 aromatic heterocycles. The molecule has 3 aromatic rings. The van der Waals surface area contributed by atoms with Crippen molar-refractivity contribution in [2.24, 2.45) is 0 Å². The number of hydrogen-bond donors (Lipinski definition) is 3. The van der Waals surface area contributed by atoms with Crippen LogP contribution in [0, 0.1) is 11.6 Å². The van der Waals surface area contributed by atoms with Crippen LogP contribution in [0.1, 0.15) is 18.0 Å². The molecule has 0 spiro atoms. The van der Waals surface area contributed by atoms with Crippen molar-refractivity contribution < 1.29 is 13.6 Å². The van der Waals surface area contributed by atoms with Crippen molar-refractivity contribution in [3.8, 4) is 0 Å². The lowest BCUT2D eigenvalue weighted by atomic mass is 10.3. The highest BCUT2D eigenvalue weighted by molar-refractivity contribution is 8.00. The third kappa shape index (κ3) is 5.85. The predicted octanol–water partition coefficient (Wildman–Crippen LogP) is 3.91. The van der Waals surface area contributed by atoms with E-state index in [0.717, 1.165) is 17.8 Å². The molecular weight excluding hydrogens is 398 g/mol. The Morgan fingerprint density at radius 3 is 2.55 bits per heavy atom. The standard InChI is InChI=1S/C19H18F2N6OS/c1-11(29-10-16(28)23-13-7-8-14(20)15(21)9-13)17-25-18(22)27-19(26-17)24-12-5-3-2-4-6-12/h2-9,11H,10H2,1H3,(H,23,28)(H3,22,24,25,26,27). The second kappa shape index (κ2) is 9.28. The number of halogens is 2. The molecule has 1 amide bonds. The van der Waals surface area contributed by atoms with E-state index in [1.54, 1.807) is 0 Å². The Hall–Kier alpha value is -3.27. The molecule has 1 atom stereocenters. The van der Waals surface area contributed by atoms with E-state index in [9.17, 15) is 13.6 Å². The molecular formula is C19H18F2N6OS. The highest BCUT2D eigenvalue weighted by Gasteiger charge is 2.15. The van der Waals surface area contributed by atoms with Gasteiger partial charge in [0, 0.05) is 17.4 Å². The van der Waals surface area contributed by atoms with Gasteiger partial charge in [0.1, 0.15) is 5.82 Å². The zero-order chi connectivity index (χ0) is 20.8. The minimum absolute atomic E-state index is 0.0621. The fourth-order valence-corrected chi connectivity index (χ4v) is 3.07. The Morgan fingerprint density at radius 2 is 1.83 bits per heavy atom. The maximum atomic E-state index is 13.2. The summed E-state index contributed by atoms with van der Waals surface area (Å²) < 4.78 is 26.2. The minimum atomic E-state index is -1.03. The molecule has 0 bridgehead atoms. The minimum Gasteiger partial charge on any atom is -0.368 e. The number of anilines is 4. The van der Waals surface area contributed by atoms with Crippen molar-refractivity contribution in [2.45, 2.75) is 12.2 Å². The second-order valence-corrected chi connectivity index (χ2v) is 7.33. The van der Waals surface area contributed by atoms with Crippen molar-refractivity contribution in [1.29, 1.82) is 0 Å². The zero-order valence-corrected chi connectivity index (χ0v) is 16.2. The predicted molar refractivity (Wildman–Crippen MR) is 110 cm³/mol. The van der Waals surface area contributed by atoms with E-state index in [-0.39, 0.29) is 28.5 Å². The van der Waals surface area contributed by atoms with E-state index < -0.39 is 11.6 Å². The molecule has 3 rings (SSSR count). The molecule has 1 unspecified atom stereocenters. The third-order valence-corrected chi connectivity index (χ3v) is 4.87. The van der Waals surface area contributed by atoms with Crippen molar-refractivity contribution in [3.63, 3.8) is 0 Å². The molecule has 2 aromatic carbocycles. The Balaban J connectivity index is 1.60. The number of nitrogens with two attached hydrogens (primary N) is 1. The summed E-state index contributed by atoms with van der Waals surface area (Å²) in [5.41, 5.74) is 6.76. The summed E-state index contributed by atoms with van der Waals surface area (Å²) in [6, 6.07) is 12.5. The number of rotatable bonds is 7. The summed E-state index contributed by atoms with van der Waals surface area (Å²) >= 11 is 1.27. The second-order valence-electron chi connectivity index (χ2n) is 6.00. The van der Waals surface area contributed by atoms with Gasteiger partial charge in [-0.15, -0.1) is 11.8 Å². The third-order valence-electron chi connectivity index (χ3n) is 3.73. The number of nitrogens with one attached hydrogen (secondary N) is 2. The molecule has 29 heavy (non-hydrogen) atoms. The Bertz CT molecular complexity index is 1010. The first-order chi connectivity index (χ1) is 13.9. The van der Waals surface area contributed by atoms with Crippen LogP contribution in [-0.2, 0) is 4.79 Å². The molecule has 10 heteroatoms. The van der Waals surface area contributed by atoms with Gasteiger partial charge in [0.15, 0.2) is 11.6 Å². The van der Waals surface area contributed by atoms with E-state index in [0.29, 0.717) is 11.8 Å². The molecule has 4 N–H and O–H groups in total. The van der Waals surface area contributed by atoms with Gasteiger partial charge in [0.2, 0.25) is 17.8 Å². The number of amides is 1. The summed E-state index contributed by atoms with van der Waals surface area (Å²) in [7, 11) is 0. The summed E-state index contributed by atoms with van der Waals surface area (Å²) in [6.07, 6.45) is 0. The van der Waals surface area contributed by atoms with Crippen LogP contribution in [0.15, 0.2) is 48.5 Å². The molecule has 1 heterocycles. The van der Waals surface area contributed by atoms with Gasteiger partial charge in [0.25, 0.3) is 0 Å².